The summed E-state index contributed by atoms with van der Waals surface area (Å²) < 4.78 is 2.25. The van der Waals surface area contributed by atoms with Gasteiger partial charge in [0.15, 0.2) is 0 Å². The molecule has 0 saturated heterocycles. The van der Waals surface area contributed by atoms with Crippen LogP contribution in [-0.4, -0.2) is 24.6 Å². The molecule has 0 aliphatic heterocycles. The second-order valence-corrected chi connectivity index (χ2v) is 11.7. The molecule has 2 N–H and O–H groups in total. The second kappa shape index (κ2) is 10.9. The first-order valence-electron chi connectivity index (χ1n) is 15.7. The fraction of sp³-hybridized carbons (Fsp3) is 0. The number of aromatic nitrogens is 4. The maximum Gasteiger partial charge on any atom is 0.147 e. The number of para-hydroxylation sites is 3. The van der Waals surface area contributed by atoms with Crippen molar-refractivity contribution in [2.75, 3.05) is 0 Å². The van der Waals surface area contributed by atoms with Gasteiger partial charge in [0, 0.05) is 33.8 Å². The number of nitrogens with one attached hydrogen (secondary N) is 1. The number of pyridine rings is 1. The standard InChI is InChI=1S/C42H28N4O/c47-38-22-10-18-32-35(28-13-5-2-6-14-28)26-36(44-41(32)38)33-19-9-21-37-40(33)45-42(34-20-8-15-29-23-24-43-39(29)34)46(37)31-17-7-16-30(25-31)27-11-3-1-4-12-27/h1-26,43,47H. The van der Waals surface area contributed by atoms with Crippen molar-refractivity contribution >= 4 is 32.8 Å². The Morgan fingerprint density at radius 3 is 2.11 bits per heavy atom. The van der Waals surface area contributed by atoms with Gasteiger partial charge in [0.1, 0.15) is 17.1 Å². The van der Waals surface area contributed by atoms with Gasteiger partial charge >= 0.3 is 0 Å². The smallest absolute Gasteiger partial charge is 0.147 e. The molecule has 0 aliphatic carbocycles. The van der Waals surface area contributed by atoms with Crippen LogP contribution in [0.1, 0.15) is 0 Å². The summed E-state index contributed by atoms with van der Waals surface area (Å²) in [4.78, 5) is 13.9. The number of imidazole rings is 1. The Balaban J connectivity index is 1.34. The van der Waals surface area contributed by atoms with Crippen molar-refractivity contribution in [3.63, 3.8) is 0 Å². The molecule has 5 nitrogen and oxygen atoms in total. The molecule has 0 atom stereocenters. The number of nitrogens with zero attached hydrogens (tertiary/aromatic N) is 3. The van der Waals surface area contributed by atoms with Gasteiger partial charge in [0.2, 0.25) is 0 Å². The summed E-state index contributed by atoms with van der Waals surface area (Å²) >= 11 is 0. The van der Waals surface area contributed by atoms with Gasteiger partial charge in [-0.05, 0) is 64.7 Å². The second-order valence-electron chi connectivity index (χ2n) is 11.7. The Labute approximate surface area is 271 Å². The van der Waals surface area contributed by atoms with Crippen molar-refractivity contribution in [2.45, 2.75) is 0 Å². The molecule has 9 rings (SSSR count). The lowest BCUT2D eigenvalue weighted by atomic mass is 9.97. The van der Waals surface area contributed by atoms with Crippen LogP contribution in [0.2, 0.25) is 0 Å². The van der Waals surface area contributed by atoms with Crippen LogP contribution in [0.25, 0.3) is 83.4 Å². The van der Waals surface area contributed by atoms with E-state index in [1.54, 1.807) is 6.07 Å². The van der Waals surface area contributed by atoms with E-state index in [0.29, 0.717) is 5.52 Å². The van der Waals surface area contributed by atoms with Gasteiger partial charge < -0.3 is 10.1 Å². The van der Waals surface area contributed by atoms with Crippen molar-refractivity contribution in [1.29, 1.82) is 0 Å². The topological polar surface area (TPSA) is 66.7 Å². The van der Waals surface area contributed by atoms with E-state index < -0.39 is 0 Å². The van der Waals surface area contributed by atoms with E-state index in [9.17, 15) is 5.11 Å². The molecule has 222 valence electrons. The van der Waals surface area contributed by atoms with E-state index in [1.807, 2.05) is 42.6 Å². The van der Waals surface area contributed by atoms with Crippen LogP contribution in [0.5, 0.6) is 5.75 Å². The van der Waals surface area contributed by atoms with E-state index >= 15 is 0 Å². The molecule has 0 spiro atoms. The van der Waals surface area contributed by atoms with Crippen LogP contribution in [-0.2, 0) is 0 Å². The Hall–Kier alpha value is -6.46. The third-order valence-electron chi connectivity index (χ3n) is 8.90. The van der Waals surface area contributed by atoms with Crippen molar-refractivity contribution in [3.8, 4) is 56.3 Å². The molecule has 0 radical (unpaired) electrons. The summed E-state index contributed by atoms with van der Waals surface area (Å²) in [5.74, 6) is 0.980. The lowest BCUT2D eigenvalue weighted by molar-refractivity contribution is 0.480. The highest BCUT2D eigenvalue weighted by atomic mass is 16.3. The summed E-state index contributed by atoms with van der Waals surface area (Å²) in [6.07, 6.45) is 1.97. The largest absolute Gasteiger partial charge is 0.506 e. The third-order valence-corrected chi connectivity index (χ3v) is 8.90. The zero-order valence-electron chi connectivity index (χ0n) is 25.3. The van der Waals surface area contributed by atoms with Gasteiger partial charge in [-0.15, -0.1) is 0 Å². The van der Waals surface area contributed by atoms with Gasteiger partial charge in [-0.25, -0.2) is 9.97 Å². The fourth-order valence-electron chi connectivity index (χ4n) is 6.70. The fourth-order valence-corrected chi connectivity index (χ4v) is 6.70. The molecular formula is C42H28N4O. The number of benzene rings is 6. The number of fused-ring (bicyclic) bond motifs is 3. The maximum atomic E-state index is 11.0. The zero-order chi connectivity index (χ0) is 31.3. The highest BCUT2D eigenvalue weighted by Crippen LogP contribution is 2.40. The Morgan fingerprint density at radius 1 is 0.532 bits per heavy atom. The lowest BCUT2D eigenvalue weighted by Crippen LogP contribution is -1.98. The summed E-state index contributed by atoms with van der Waals surface area (Å²) in [5, 5.41) is 13.0. The molecule has 3 heterocycles. The van der Waals surface area contributed by atoms with E-state index in [-0.39, 0.29) is 5.75 Å². The minimum absolute atomic E-state index is 0.149. The first kappa shape index (κ1) is 26.9. The SMILES string of the molecule is Oc1cccc2c(-c3ccccc3)cc(-c3cccc4c3nc(-c3cccc5cc[nH]c35)n4-c3cccc(-c4ccccc4)c3)nc12. The molecule has 0 amide bonds. The molecular weight excluding hydrogens is 576 g/mol. The van der Waals surface area contributed by atoms with E-state index in [1.165, 1.54) is 0 Å². The number of hydrogen-bond acceptors (Lipinski definition) is 3. The molecule has 0 fully saturated rings. The number of phenolic OH excluding ortho intramolecular Hbond substituents is 1. The van der Waals surface area contributed by atoms with Crippen LogP contribution in [0.15, 0.2) is 158 Å². The number of aromatic amines is 1. The van der Waals surface area contributed by atoms with E-state index in [2.05, 4.69) is 119 Å². The number of rotatable bonds is 5. The molecule has 5 heteroatoms. The molecule has 0 unspecified atom stereocenters. The quantitative estimate of drug-likeness (QED) is 0.205. The first-order valence-corrected chi connectivity index (χ1v) is 15.7. The first-order chi connectivity index (χ1) is 23.2. The van der Waals surface area contributed by atoms with Crippen LogP contribution in [0.4, 0.5) is 0 Å². The molecule has 47 heavy (non-hydrogen) atoms. The molecule has 0 aliphatic rings. The predicted molar refractivity (Wildman–Crippen MR) is 192 cm³/mol. The Morgan fingerprint density at radius 2 is 1.26 bits per heavy atom. The lowest BCUT2D eigenvalue weighted by Gasteiger charge is -2.13. The van der Waals surface area contributed by atoms with Crippen LogP contribution < -0.4 is 0 Å². The highest BCUT2D eigenvalue weighted by molar-refractivity contribution is 6.03. The number of hydrogen-bond donors (Lipinski definition) is 2. The molecule has 0 bridgehead atoms. The third kappa shape index (κ3) is 4.48. The van der Waals surface area contributed by atoms with Crippen LogP contribution in [0.3, 0.4) is 0 Å². The maximum absolute atomic E-state index is 11.0. The van der Waals surface area contributed by atoms with Gasteiger partial charge in [-0.2, -0.15) is 0 Å². The predicted octanol–water partition coefficient (Wildman–Crippen LogP) is 10.4. The minimum atomic E-state index is 0.149. The number of phenols is 1. The number of H-pyrrole nitrogens is 1. The Bertz CT molecular complexity index is 2580. The van der Waals surface area contributed by atoms with Gasteiger partial charge in [0.05, 0.1) is 22.2 Å². The van der Waals surface area contributed by atoms with Crippen LogP contribution in [0, 0.1) is 0 Å². The molecule has 3 aromatic heterocycles. The Kier molecular flexibility index (Phi) is 6.22. The average Bonchev–Trinajstić information content (AvgIpc) is 3.78. The van der Waals surface area contributed by atoms with Gasteiger partial charge in [-0.3, -0.25) is 4.57 Å². The van der Waals surface area contributed by atoms with Gasteiger partial charge in [-0.1, -0.05) is 109 Å². The molecule has 0 saturated carbocycles. The van der Waals surface area contributed by atoms with Crippen molar-refractivity contribution in [1.82, 2.24) is 19.5 Å². The van der Waals surface area contributed by atoms with Crippen molar-refractivity contribution < 1.29 is 5.11 Å². The van der Waals surface area contributed by atoms with Gasteiger partial charge in [0.25, 0.3) is 0 Å². The zero-order valence-corrected chi connectivity index (χ0v) is 25.3. The summed E-state index contributed by atoms with van der Waals surface area (Å²) in [7, 11) is 0. The highest BCUT2D eigenvalue weighted by Gasteiger charge is 2.21. The minimum Gasteiger partial charge on any atom is -0.506 e. The molecule has 6 aromatic carbocycles. The summed E-state index contributed by atoms with van der Waals surface area (Å²) in [6.45, 7) is 0. The van der Waals surface area contributed by atoms with E-state index in [0.717, 1.165) is 77.9 Å². The summed E-state index contributed by atoms with van der Waals surface area (Å²) in [6, 6.07) is 51.6. The monoisotopic (exact) mass is 604 g/mol. The normalized spacial score (nSPS) is 11.5. The van der Waals surface area contributed by atoms with E-state index in [4.69, 9.17) is 9.97 Å². The van der Waals surface area contributed by atoms with Crippen molar-refractivity contribution in [3.05, 3.63) is 158 Å². The molecule has 9 aromatic rings. The van der Waals surface area contributed by atoms with Crippen LogP contribution >= 0.6 is 0 Å². The summed E-state index contributed by atoms with van der Waals surface area (Å²) in [5.41, 5.74) is 11.4. The number of aromatic hydroxyl groups is 1. The average molecular weight is 605 g/mol. The van der Waals surface area contributed by atoms with Crippen molar-refractivity contribution in [2.24, 2.45) is 0 Å².